The van der Waals surface area contributed by atoms with E-state index in [-0.39, 0.29) is 38.5 Å². The zero-order chi connectivity index (χ0) is 16.8. The smallest absolute Gasteiger partial charge is 0.0111 e. The van der Waals surface area contributed by atoms with E-state index in [9.17, 15) is 4.39 Å². The summed E-state index contributed by atoms with van der Waals surface area (Å²) in [6, 6.07) is 17.1. The minimum Gasteiger partial charge on any atom is -0.236 e. The average Bonchev–Trinajstić information content (AvgIpc) is 2.60. The molecule has 0 atom stereocenters. The van der Waals surface area contributed by atoms with Crippen LogP contribution in [0.4, 0.5) is 4.39 Å². The SMILES string of the molecule is CC1CCC(c2ccc(CCCCc3cc[c-]c(F)c3)cc2)CC1.[Y]. The van der Waals surface area contributed by atoms with Crippen LogP contribution in [0.15, 0.2) is 42.5 Å². The number of aryl methyl sites for hydroxylation is 2. The molecule has 1 radical (unpaired) electrons. The molecule has 0 bridgehead atoms. The summed E-state index contributed by atoms with van der Waals surface area (Å²) in [5.74, 6) is 1.44. The molecule has 3 rings (SSSR count). The second-order valence-corrected chi connectivity index (χ2v) is 7.45. The molecule has 0 heterocycles. The van der Waals surface area contributed by atoms with Gasteiger partial charge in [-0.15, -0.1) is 12.1 Å². The largest absolute Gasteiger partial charge is 0.236 e. The quantitative estimate of drug-likeness (QED) is 0.376. The van der Waals surface area contributed by atoms with Gasteiger partial charge < -0.3 is 0 Å². The van der Waals surface area contributed by atoms with Crippen molar-refractivity contribution in [2.45, 2.75) is 64.2 Å². The van der Waals surface area contributed by atoms with Crippen LogP contribution in [0.5, 0.6) is 0 Å². The Bertz CT molecular complexity index is 627. The predicted molar refractivity (Wildman–Crippen MR) is 98.7 cm³/mol. The van der Waals surface area contributed by atoms with Crippen LogP contribution in [-0.2, 0) is 45.6 Å². The van der Waals surface area contributed by atoms with Gasteiger partial charge in [0.05, 0.1) is 0 Å². The van der Waals surface area contributed by atoms with Gasteiger partial charge in [0.25, 0.3) is 0 Å². The number of halogens is 1. The third kappa shape index (κ3) is 6.61. The maximum atomic E-state index is 13.1. The Kier molecular flexibility index (Phi) is 8.80. The first-order valence-electron chi connectivity index (χ1n) is 9.45. The Labute approximate surface area is 177 Å². The van der Waals surface area contributed by atoms with Crippen LogP contribution in [0.3, 0.4) is 0 Å². The minimum atomic E-state index is -0.250. The Morgan fingerprint density at radius 2 is 1.56 bits per heavy atom. The van der Waals surface area contributed by atoms with Gasteiger partial charge in [-0.25, -0.2) is 4.39 Å². The zero-order valence-corrected chi connectivity index (χ0v) is 18.1. The molecule has 1 fully saturated rings. The van der Waals surface area contributed by atoms with Gasteiger partial charge in [-0.2, -0.15) is 17.7 Å². The van der Waals surface area contributed by atoms with Gasteiger partial charge in [0.1, 0.15) is 0 Å². The first kappa shape index (κ1) is 20.8. The number of benzene rings is 2. The summed E-state index contributed by atoms with van der Waals surface area (Å²) in [6.45, 7) is 2.38. The van der Waals surface area contributed by atoms with E-state index in [2.05, 4.69) is 37.3 Å². The first-order valence-corrected chi connectivity index (χ1v) is 9.45. The van der Waals surface area contributed by atoms with Gasteiger partial charge in [-0.1, -0.05) is 56.9 Å². The van der Waals surface area contributed by atoms with Crippen LogP contribution < -0.4 is 0 Å². The van der Waals surface area contributed by atoms with Gasteiger partial charge in [-0.05, 0) is 48.6 Å². The molecule has 0 nitrogen and oxygen atoms in total. The normalized spacial score (nSPS) is 20.1. The van der Waals surface area contributed by atoms with Crippen molar-refractivity contribution in [3.8, 4) is 0 Å². The van der Waals surface area contributed by atoms with Crippen LogP contribution in [0.1, 0.15) is 68.1 Å². The molecule has 0 aliphatic heterocycles. The van der Waals surface area contributed by atoms with Crippen LogP contribution in [0.2, 0.25) is 0 Å². The van der Waals surface area contributed by atoms with Crippen molar-refractivity contribution in [1.82, 2.24) is 0 Å². The second kappa shape index (κ2) is 10.6. The van der Waals surface area contributed by atoms with Gasteiger partial charge in [0.15, 0.2) is 0 Å². The van der Waals surface area contributed by atoms with E-state index in [1.54, 1.807) is 12.1 Å². The van der Waals surface area contributed by atoms with Crippen molar-refractivity contribution in [2.75, 3.05) is 0 Å². The van der Waals surface area contributed by atoms with Crippen LogP contribution in [0.25, 0.3) is 0 Å². The van der Waals surface area contributed by atoms with Gasteiger partial charge in [0, 0.05) is 38.5 Å². The Morgan fingerprint density at radius 3 is 2.20 bits per heavy atom. The van der Waals surface area contributed by atoms with Crippen molar-refractivity contribution in [2.24, 2.45) is 5.92 Å². The third-order valence-electron chi connectivity index (χ3n) is 5.48. The zero-order valence-electron chi connectivity index (χ0n) is 15.3. The fourth-order valence-electron chi connectivity index (χ4n) is 3.84. The average molecular weight is 412 g/mol. The molecule has 25 heavy (non-hydrogen) atoms. The molecule has 0 amide bonds. The molecule has 0 N–H and O–H groups in total. The summed E-state index contributed by atoms with van der Waals surface area (Å²) in [5, 5.41) is 0. The molecule has 0 unspecified atom stereocenters. The van der Waals surface area contributed by atoms with E-state index in [0.717, 1.165) is 43.1 Å². The van der Waals surface area contributed by atoms with Crippen LogP contribution >= 0.6 is 0 Å². The molecule has 0 aromatic heterocycles. The summed E-state index contributed by atoms with van der Waals surface area (Å²) in [5.41, 5.74) is 4.03. The molecule has 2 aromatic carbocycles. The first-order chi connectivity index (χ1) is 11.7. The Balaban J connectivity index is 0.00000225. The summed E-state index contributed by atoms with van der Waals surface area (Å²) >= 11 is 0. The molecular weight excluding hydrogens is 384 g/mol. The monoisotopic (exact) mass is 412 g/mol. The molecule has 0 spiro atoms. The minimum absolute atomic E-state index is 0. The summed E-state index contributed by atoms with van der Waals surface area (Å²) in [4.78, 5) is 0. The van der Waals surface area contributed by atoms with Crippen LogP contribution in [0, 0.1) is 17.8 Å². The molecule has 2 heteroatoms. The van der Waals surface area contributed by atoms with E-state index in [4.69, 9.17) is 0 Å². The third-order valence-corrected chi connectivity index (χ3v) is 5.48. The number of unbranched alkanes of at least 4 members (excludes halogenated alkanes) is 1. The second-order valence-electron chi connectivity index (χ2n) is 7.45. The molecule has 2 aromatic rings. The topological polar surface area (TPSA) is 0 Å². The van der Waals surface area contributed by atoms with E-state index >= 15 is 0 Å². The molecule has 1 aliphatic rings. The molecule has 131 valence electrons. The molecule has 1 aliphatic carbocycles. The fourth-order valence-corrected chi connectivity index (χ4v) is 3.84. The van der Waals surface area contributed by atoms with E-state index in [1.807, 2.05) is 6.07 Å². The molecule has 0 saturated heterocycles. The Morgan fingerprint density at radius 1 is 0.920 bits per heavy atom. The summed E-state index contributed by atoms with van der Waals surface area (Å²) in [7, 11) is 0. The summed E-state index contributed by atoms with van der Waals surface area (Å²) in [6.07, 6.45) is 9.78. The molecular formula is C23H28FY-. The maximum Gasteiger partial charge on any atom is 0.0111 e. The number of hydrogen-bond donors (Lipinski definition) is 0. The van der Waals surface area contributed by atoms with Gasteiger partial charge >= 0.3 is 0 Å². The van der Waals surface area contributed by atoms with Crippen molar-refractivity contribution in [1.29, 1.82) is 0 Å². The van der Waals surface area contributed by atoms with E-state index in [0.29, 0.717) is 0 Å². The van der Waals surface area contributed by atoms with Crippen molar-refractivity contribution in [3.63, 3.8) is 0 Å². The predicted octanol–water partition coefficient (Wildman–Crippen LogP) is 6.48. The standard InChI is InChI=1S/C23H28F.Y/c1-18-9-13-21(14-10-18)22-15-11-19(12-16-22)5-2-3-6-20-7-4-8-23(24)17-20;/h4,7,11-12,15-18,21H,2-3,5-6,9-10,13-14H2,1H3;/q-1;. The maximum absolute atomic E-state index is 13.1. The van der Waals surface area contributed by atoms with Gasteiger partial charge in [0.2, 0.25) is 0 Å². The number of hydrogen-bond acceptors (Lipinski definition) is 0. The summed E-state index contributed by atoms with van der Waals surface area (Å²) < 4.78 is 13.1. The Hall–Kier alpha value is -0.526. The van der Waals surface area contributed by atoms with Crippen molar-refractivity contribution in [3.05, 3.63) is 71.0 Å². The van der Waals surface area contributed by atoms with Crippen LogP contribution in [-0.4, -0.2) is 0 Å². The van der Waals surface area contributed by atoms with Gasteiger partial charge in [-0.3, -0.25) is 0 Å². The van der Waals surface area contributed by atoms with Crippen molar-refractivity contribution < 1.29 is 37.1 Å². The van der Waals surface area contributed by atoms with E-state index < -0.39 is 0 Å². The number of rotatable bonds is 6. The molecule has 1 saturated carbocycles. The van der Waals surface area contributed by atoms with E-state index in [1.165, 1.54) is 36.8 Å². The van der Waals surface area contributed by atoms with Crippen molar-refractivity contribution >= 4 is 0 Å². The fraction of sp³-hybridized carbons (Fsp3) is 0.478.